The van der Waals surface area contributed by atoms with Gasteiger partial charge in [-0.25, -0.2) is 0 Å². The molecule has 0 saturated heterocycles. The molecule has 0 aliphatic heterocycles. The summed E-state index contributed by atoms with van der Waals surface area (Å²) in [4.78, 5) is 12.2. The number of hydrogen-bond acceptors (Lipinski definition) is 3. The van der Waals surface area contributed by atoms with E-state index in [1.165, 1.54) is 18.2 Å². The molecular formula is C15H16O4S. The zero-order valence-corrected chi connectivity index (χ0v) is 12.2. The Labute approximate surface area is 118 Å². The fourth-order valence-corrected chi connectivity index (χ4v) is 2.70. The summed E-state index contributed by atoms with van der Waals surface area (Å²) in [5.41, 5.74) is 3.00. The van der Waals surface area contributed by atoms with E-state index < -0.39 is 10.1 Å². The van der Waals surface area contributed by atoms with Crippen LogP contribution in [-0.2, 0) is 10.1 Å². The Morgan fingerprint density at radius 1 is 1.20 bits per heavy atom. The third-order valence-corrected chi connectivity index (χ3v) is 4.23. The van der Waals surface area contributed by atoms with Gasteiger partial charge < -0.3 is 0 Å². The molecule has 1 aromatic carbocycles. The lowest BCUT2D eigenvalue weighted by molar-refractivity contribution is 0.103. The first kappa shape index (κ1) is 14.7. The number of hydrogen-bond donors (Lipinski definition) is 1. The minimum Gasteiger partial charge on any atom is -0.289 e. The van der Waals surface area contributed by atoms with Gasteiger partial charge in [0, 0.05) is 11.1 Å². The van der Waals surface area contributed by atoms with Crippen LogP contribution in [0.2, 0.25) is 0 Å². The summed E-state index contributed by atoms with van der Waals surface area (Å²) in [5.74, 6) is -0.216. The summed E-state index contributed by atoms with van der Waals surface area (Å²) in [6, 6.07) is 5.46. The van der Waals surface area contributed by atoms with Crippen LogP contribution in [0, 0.1) is 0 Å². The first-order chi connectivity index (χ1) is 9.29. The summed E-state index contributed by atoms with van der Waals surface area (Å²) < 4.78 is 31.3. The molecule has 1 aliphatic rings. The van der Waals surface area contributed by atoms with Crippen molar-refractivity contribution in [3.05, 3.63) is 52.6 Å². The minimum absolute atomic E-state index is 0.216. The van der Waals surface area contributed by atoms with E-state index in [1.54, 1.807) is 6.07 Å². The minimum atomic E-state index is -4.30. The van der Waals surface area contributed by atoms with E-state index in [-0.39, 0.29) is 16.2 Å². The highest BCUT2D eigenvalue weighted by Gasteiger charge is 2.18. The van der Waals surface area contributed by atoms with E-state index in [4.69, 9.17) is 4.55 Å². The number of ketones is 1. The predicted octanol–water partition coefficient (Wildman–Crippen LogP) is 3.17. The van der Waals surface area contributed by atoms with E-state index in [1.807, 2.05) is 19.9 Å². The zero-order valence-electron chi connectivity index (χ0n) is 11.4. The van der Waals surface area contributed by atoms with Gasteiger partial charge in [0.1, 0.15) is 0 Å². The number of benzene rings is 1. The third-order valence-electron chi connectivity index (χ3n) is 3.38. The first-order valence-corrected chi connectivity index (χ1v) is 7.72. The molecule has 0 atom stereocenters. The van der Waals surface area contributed by atoms with E-state index in [9.17, 15) is 13.2 Å². The number of rotatable bonds is 3. The van der Waals surface area contributed by atoms with Crippen molar-refractivity contribution in [2.45, 2.75) is 31.6 Å². The Bertz CT molecular complexity index is 724. The number of allylic oxidation sites excluding steroid dienone is 4. The molecule has 0 heterocycles. The zero-order chi connectivity index (χ0) is 14.9. The highest BCUT2D eigenvalue weighted by Crippen LogP contribution is 2.26. The molecule has 5 heteroatoms. The van der Waals surface area contributed by atoms with Crippen molar-refractivity contribution >= 4 is 15.9 Å². The highest BCUT2D eigenvalue weighted by atomic mass is 32.2. The lowest BCUT2D eigenvalue weighted by Crippen LogP contribution is -2.09. The van der Waals surface area contributed by atoms with Gasteiger partial charge in [-0.1, -0.05) is 29.4 Å². The van der Waals surface area contributed by atoms with Crippen molar-refractivity contribution in [3.63, 3.8) is 0 Å². The van der Waals surface area contributed by atoms with Gasteiger partial charge >= 0.3 is 0 Å². The monoisotopic (exact) mass is 292 g/mol. The SMILES string of the molecule is CC1=CC(C(=O)c2cccc(S(=O)(=O)O)c2)=C(C)CC1. The van der Waals surface area contributed by atoms with Crippen LogP contribution in [0.1, 0.15) is 37.0 Å². The molecule has 0 bridgehead atoms. The molecule has 1 aromatic rings. The van der Waals surface area contributed by atoms with Crippen molar-refractivity contribution in [2.24, 2.45) is 0 Å². The van der Waals surface area contributed by atoms with Crippen molar-refractivity contribution in [1.29, 1.82) is 0 Å². The Morgan fingerprint density at radius 2 is 1.90 bits per heavy atom. The van der Waals surface area contributed by atoms with Gasteiger partial charge in [0.2, 0.25) is 0 Å². The molecule has 0 saturated carbocycles. The fourth-order valence-electron chi connectivity index (χ4n) is 2.17. The molecule has 0 amide bonds. The summed E-state index contributed by atoms with van der Waals surface area (Å²) in [5, 5.41) is 0. The Hall–Kier alpha value is -1.72. The number of carbonyl (C=O) groups is 1. The van der Waals surface area contributed by atoms with Crippen molar-refractivity contribution < 1.29 is 17.8 Å². The van der Waals surface area contributed by atoms with E-state index in [0.717, 1.165) is 24.0 Å². The predicted molar refractivity (Wildman–Crippen MR) is 76.3 cm³/mol. The Morgan fingerprint density at radius 3 is 2.55 bits per heavy atom. The highest BCUT2D eigenvalue weighted by molar-refractivity contribution is 7.85. The van der Waals surface area contributed by atoms with Crippen LogP contribution < -0.4 is 0 Å². The van der Waals surface area contributed by atoms with Gasteiger partial charge in [0.15, 0.2) is 5.78 Å². The lowest BCUT2D eigenvalue weighted by atomic mass is 9.89. The maximum atomic E-state index is 12.5. The first-order valence-electron chi connectivity index (χ1n) is 6.28. The molecule has 0 spiro atoms. The summed E-state index contributed by atoms with van der Waals surface area (Å²) in [6.07, 6.45) is 3.62. The van der Waals surface area contributed by atoms with Crippen molar-refractivity contribution in [2.75, 3.05) is 0 Å². The normalized spacial score (nSPS) is 16.1. The average Bonchev–Trinajstić information content (AvgIpc) is 2.40. The van der Waals surface area contributed by atoms with Crippen LogP contribution in [0.5, 0.6) is 0 Å². The quantitative estimate of drug-likeness (QED) is 0.686. The summed E-state index contributed by atoms with van der Waals surface area (Å²) in [6.45, 7) is 3.87. The van der Waals surface area contributed by atoms with Gasteiger partial charge in [0.05, 0.1) is 4.90 Å². The van der Waals surface area contributed by atoms with Crippen LogP contribution in [0.3, 0.4) is 0 Å². The molecule has 1 aliphatic carbocycles. The molecule has 1 N–H and O–H groups in total. The molecule has 0 unspecified atom stereocenters. The van der Waals surface area contributed by atoms with Gasteiger partial charge in [-0.3, -0.25) is 9.35 Å². The molecule has 2 rings (SSSR count). The van der Waals surface area contributed by atoms with Crippen LogP contribution in [0.4, 0.5) is 0 Å². The molecular weight excluding hydrogens is 276 g/mol. The van der Waals surface area contributed by atoms with Gasteiger partial charge in [0.25, 0.3) is 10.1 Å². The van der Waals surface area contributed by atoms with Crippen LogP contribution >= 0.6 is 0 Å². The second-order valence-electron chi connectivity index (χ2n) is 5.02. The molecule has 0 radical (unpaired) electrons. The topological polar surface area (TPSA) is 71.4 Å². The second kappa shape index (κ2) is 5.34. The summed E-state index contributed by atoms with van der Waals surface area (Å²) >= 11 is 0. The van der Waals surface area contributed by atoms with Crippen LogP contribution in [0.15, 0.2) is 52.0 Å². The van der Waals surface area contributed by atoms with Crippen molar-refractivity contribution in [1.82, 2.24) is 0 Å². The summed E-state index contributed by atoms with van der Waals surface area (Å²) in [7, 11) is -4.30. The van der Waals surface area contributed by atoms with E-state index in [0.29, 0.717) is 5.57 Å². The average molecular weight is 292 g/mol. The lowest BCUT2D eigenvalue weighted by Gasteiger charge is -2.15. The fraction of sp³-hybridized carbons (Fsp3) is 0.267. The van der Waals surface area contributed by atoms with Gasteiger partial charge in [-0.05, 0) is 38.8 Å². The molecule has 4 nitrogen and oxygen atoms in total. The standard InChI is InChI=1S/C15H16O4S/c1-10-6-7-11(2)14(8-10)15(16)12-4-3-5-13(9-12)20(17,18)19/h3-5,8-9H,6-7H2,1-2H3,(H,17,18,19). The van der Waals surface area contributed by atoms with Crippen LogP contribution in [0.25, 0.3) is 0 Å². The van der Waals surface area contributed by atoms with E-state index in [2.05, 4.69) is 0 Å². The largest absolute Gasteiger partial charge is 0.294 e. The third kappa shape index (κ3) is 3.05. The maximum absolute atomic E-state index is 12.5. The Balaban J connectivity index is 2.45. The molecule has 0 fully saturated rings. The number of Topliss-reactive ketones (excluding diaryl/α,β-unsaturated/α-hetero) is 1. The molecule has 20 heavy (non-hydrogen) atoms. The molecule has 106 valence electrons. The van der Waals surface area contributed by atoms with Gasteiger partial charge in [-0.15, -0.1) is 0 Å². The van der Waals surface area contributed by atoms with Crippen molar-refractivity contribution in [3.8, 4) is 0 Å². The van der Waals surface area contributed by atoms with E-state index >= 15 is 0 Å². The smallest absolute Gasteiger partial charge is 0.289 e. The maximum Gasteiger partial charge on any atom is 0.294 e. The molecule has 0 aromatic heterocycles. The number of carbonyl (C=O) groups excluding carboxylic acids is 1. The second-order valence-corrected chi connectivity index (χ2v) is 6.44. The Kier molecular flexibility index (Phi) is 3.92. The van der Waals surface area contributed by atoms with Crippen LogP contribution in [-0.4, -0.2) is 18.8 Å². The van der Waals surface area contributed by atoms with Gasteiger partial charge in [-0.2, -0.15) is 8.42 Å².